The number of hydrogen-bond donors (Lipinski definition) is 0. The Balaban J connectivity index is 0.00000255. The van der Waals surface area contributed by atoms with Crippen molar-refractivity contribution in [3.8, 4) is 11.5 Å². The van der Waals surface area contributed by atoms with Crippen molar-refractivity contribution in [2.75, 3.05) is 26.3 Å². The van der Waals surface area contributed by atoms with E-state index in [9.17, 15) is 0 Å². The van der Waals surface area contributed by atoms with Gasteiger partial charge in [0.25, 0.3) is 0 Å². The Morgan fingerprint density at radius 1 is 0.500 bits per heavy atom. The van der Waals surface area contributed by atoms with Crippen LogP contribution in [0.5, 0.6) is 11.5 Å². The fourth-order valence-electron chi connectivity index (χ4n) is 4.25. The number of aromatic nitrogens is 2. The average Bonchev–Trinajstić information content (AvgIpc) is 3.16. The summed E-state index contributed by atoms with van der Waals surface area (Å²) >= 11 is 3.83. The van der Waals surface area contributed by atoms with Crippen LogP contribution in [-0.2, 0) is 35.9 Å². The van der Waals surface area contributed by atoms with Crippen LogP contribution in [0.3, 0.4) is 0 Å². The molecule has 8 nitrogen and oxygen atoms in total. The Morgan fingerprint density at radius 3 is 1.27 bits per heavy atom. The number of thiocarbonyl (C=S) groups is 1. The van der Waals surface area contributed by atoms with E-state index in [1.165, 1.54) is 0 Å². The molecule has 0 aliphatic rings. The van der Waals surface area contributed by atoms with Gasteiger partial charge in [0.15, 0.2) is 0 Å². The van der Waals surface area contributed by atoms with Gasteiger partial charge in [-0.25, -0.2) is 0 Å². The molecule has 0 aliphatic carbocycles. The Morgan fingerprint density at radius 2 is 0.896 bits per heavy atom. The van der Waals surface area contributed by atoms with Crippen LogP contribution in [0.1, 0.15) is 33.6 Å². The number of pyridine rings is 2. The summed E-state index contributed by atoms with van der Waals surface area (Å²) in [5.41, 5.74) is 6.01. The first kappa shape index (κ1) is 35.8. The minimum absolute atomic E-state index is 0.516. The summed E-state index contributed by atoms with van der Waals surface area (Å²) in [6.07, 6.45) is 6.93. The molecule has 2 heterocycles. The topological polar surface area (TPSA) is 87.4 Å². The van der Waals surface area contributed by atoms with Crippen molar-refractivity contribution in [1.82, 2.24) is 9.97 Å². The van der Waals surface area contributed by atoms with E-state index >= 15 is 0 Å². The third-order valence-electron chi connectivity index (χ3n) is 6.75. The lowest BCUT2D eigenvalue weighted by molar-refractivity contribution is 0.126. The summed E-state index contributed by atoms with van der Waals surface area (Å²) in [4.78, 5) is 17.6. The zero-order chi connectivity index (χ0) is 33.5. The number of benzene rings is 3. The van der Waals surface area contributed by atoms with Crippen molar-refractivity contribution in [3.63, 3.8) is 0 Å². The summed E-state index contributed by atoms with van der Waals surface area (Å²) in [7, 11) is 0. The maximum absolute atomic E-state index is 5.78. The lowest BCUT2D eigenvalue weighted by Crippen LogP contribution is -2.01. The molecule has 0 saturated carbocycles. The average molecular weight is 661 g/mol. The second-order valence-electron chi connectivity index (χ2n) is 10.4. The van der Waals surface area contributed by atoms with Crippen LogP contribution >= 0.6 is 12.2 Å². The predicted octanol–water partition coefficient (Wildman–Crippen LogP) is 7.52. The van der Waals surface area contributed by atoms with Crippen LogP contribution in [0.4, 0.5) is 0 Å². The zero-order valence-electron chi connectivity index (χ0n) is 26.9. The standard InChI is InChI=1S/C38H38N4O4.CH2S/c1-3-7-31(8-4-1)29-45-37-17-15-35(41-25-37)23-39-19-21-43-27-33-11-13-34(14-12-33)28-44-22-20-40-24-36-16-18-38(26-42-36)46-30-32-9-5-2-6-10-32;1-2/h1-18,23-26H,19-22,27-30H2;1H2. The Bertz CT molecular complexity index is 1510. The highest BCUT2D eigenvalue weighted by atomic mass is 32.1. The van der Waals surface area contributed by atoms with E-state index < -0.39 is 0 Å². The summed E-state index contributed by atoms with van der Waals surface area (Å²) < 4.78 is 23.1. The first-order chi connectivity index (χ1) is 23.8. The van der Waals surface area contributed by atoms with Gasteiger partial charge < -0.3 is 18.9 Å². The summed E-state index contributed by atoms with van der Waals surface area (Å²) in [6.45, 7) is 4.28. The van der Waals surface area contributed by atoms with Crippen LogP contribution in [0.2, 0.25) is 0 Å². The summed E-state index contributed by atoms with van der Waals surface area (Å²) in [5, 5.41) is 0. The Hall–Kier alpha value is -5.09. The van der Waals surface area contributed by atoms with Crippen LogP contribution in [0.15, 0.2) is 132 Å². The molecule has 0 fully saturated rings. The minimum Gasteiger partial charge on any atom is -0.487 e. The highest BCUT2D eigenvalue weighted by molar-refractivity contribution is 7.77. The molecule has 48 heavy (non-hydrogen) atoms. The molecule has 0 amide bonds. The molecule has 3 aromatic carbocycles. The second kappa shape index (κ2) is 21.7. The number of nitrogens with zero attached hydrogens (tertiary/aromatic N) is 4. The van der Waals surface area contributed by atoms with Gasteiger partial charge in [-0.1, -0.05) is 97.1 Å². The van der Waals surface area contributed by atoms with E-state index in [-0.39, 0.29) is 0 Å². The molecule has 0 aliphatic heterocycles. The van der Waals surface area contributed by atoms with Gasteiger partial charge in [-0.3, -0.25) is 20.0 Å². The first-order valence-corrected chi connectivity index (χ1v) is 16.2. The van der Waals surface area contributed by atoms with Gasteiger partial charge in [0.2, 0.25) is 0 Å². The largest absolute Gasteiger partial charge is 0.487 e. The molecule has 0 radical (unpaired) electrons. The fourth-order valence-corrected chi connectivity index (χ4v) is 4.25. The van der Waals surface area contributed by atoms with Gasteiger partial charge in [-0.05, 0) is 52.4 Å². The zero-order valence-corrected chi connectivity index (χ0v) is 27.7. The van der Waals surface area contributed by atoms with Crippen molar-refractivity contribution in [2.24, 2.45) is 9.98 Å². The normalized spacial score (nSPS) is 10.9. The van der Waals surface area contributed by atoms with E-state index in [2.05, 4.69) is 62.3 Å². The number of rotatable bonds is 18. The third-order valence-corrected chi connectivity index (χ3v) is 6.75. The van der Waals surface area contributed by atoms with Crippen molar-refractivity contribution in [1.29, 1.82) is 0 Å². The molecule has 0 N–H and O–H groups in total. The SMILES string of the molecule is C(=NCCOCc1ccc(COCCN=Cc2ccc(OCc3ccccc3)cn2)cc1)c1ccc(OCc2ccccc2)cn1.C=S. The maximum Gasteiger partial charge on any atom is 0.138 e. The number of hydrogen-bond acceptors (Lipinski definition) is 9. The van der Waals surface area contributed by atoms with Gasteiger partial charge >= 0.3 is 0 Å². The lowest BCUT2D eigenvalue weighted by Gasteiger charge is -2.06. The molecule has 0 spiro atoms. The molecule has 5 rings (SSSR count). The Labute approximate surface area is 288 Å². The molecular weight excluding hydrogens is 621 g/mol. The van der Waals surface area contributed by atoms with E-state index in [0.717, 1.165) is 45.1 Å². The monoisotopic (exact) mass is 660 g/mol. The lowest BCUT2D eigenvalue weighted by atomic mass is 10.1. The van der Waals surface area contributed by atoms with Gasteiger partial charge in [-0.15, -0.1) is 0 Å². The van der Waals surface area contributed by atoms with Crippen LogP contribution in [0.25, 0.3) is 0 Å². The predicted molar refractivity (Wildman–Crippen MR) is 195 cm³/mol. The molecule has 5 aromatic rings. The highest BCUT2D eigenvalue weighted by Crippen LogP contribution is 2.13. The first-order valence-electron chi connectivity index (χ1n) is 15.6. The van der Waals surface area contributed by atoms with E-state index in [0.29, 0.717) is 52.7 Å². The summed E-state index contributed by atoms with van der Waals surface area (Å²) in [6, 6.07) is 35.9. The fraction of sp³-hybridized carbons (Fsp3) is 0.205. The van der Waals surface area contributed by atoms with Crippen molar-refractivity contribution in [3.05, 3.63) is 155 Å². The van der Waals surface area contributed by atoms with Gasteiger partial charge in [-0.2, -0.15) is 0 Å². The van der Waals surface area contributed by atoms with E-state index in [4.69, 9.17) is 18.9 Å². The number of ether oxygens (including phenoxy) is 4. The molecule has 0 atom stereocenters. The van der Waals surface area contributed by atoms with Gasteiger partial charge in [0, 0.05) is 12.4 Å². The molecule has 0 bridgehead atoms. The smallest absolute Gasteiger partial charge is 0.138 e. The summed E-state index contributed by atoms with van der Waals surface area (Å²) in [5.74, 6) is 4.29. The second-order valence-corrected chi connectivity index (χ2v) is 10.4. The quantitative estimate of drug-likeness (QED) is 0.0546. The number of aliphatic imine (C=N–C) groups is 2. The van der Waals surface area contributed by atoms with Crippen molar-refractivity contribution >= 4 is 30.5 Å². The van der Waals surface area contributed by atoms with Crippen LogP contribution < -0.4 is 9.47 Å². The third kappa shape index (κ3) is 13.7. The van der Waals surface area contributed by atoms with Crippen molar-refractivity contribution < 1.29 is 18.9 Å². The molecule has 0 saturated heterocycles. The Kier molecular flexibility index (Phi) is 16.1. The van der Waals surface area contributed by atoms with Gasteiger partial charge in [0.1, 0.15) is 24.7 Å². The maximum atomic E-state index is 5.78. The van der Waals surface area contributed by atoms with Crippen molar-refractivity contribution in [2.45, 2.75) is 26.4 Å². The minimum atomic E-state index is 0.516. The molecule has 246 valence electrons. The van der Waals surface area contributed by atoms with E-state index in [1.807, 2.05) is 84.9 Å². The molecular formula is C39H40N4O4S. The highest BCUT2D eigenvalue weighted by Gasteiger charge is 2.00. The van der Waals surface area contributed by atoms with E-state index in [1.54, 1.807) is 24.8 Å². The van der Waals surface area contributed by atoms with Crippen LogP contribution in [0, 0.1) is 0 Å². The molecule has 9 heteroatoms. The molecule has 2 aromatic heterocycles. The molecule has 0 unspecified atom stereocenters. The van der Waals surface area contributed by atoms with Gasteiger partial charge in [0.05, 0.1) is 63.3 Å². The van der Waals surface area contributed by atoms with Crippen LogP contribution in [-0.4, -0.2) is 54.6 Å².